The van der Waals surface area contributed by atoms with Crippen LogP contribution in [0.5, 0.6) is 0 Å². The zero-order chi connectivity index (χ0) is 21.5. The third-order valence-corrected chi connectivity index (χ3v) is 6.48. The molecule has 28 heavy (non-hydrogen) atoms. The Hall–Kier alpha value is -1.21. The molecule has 0 spiro atoms. The van der Waals surface area contributed by atoms with Crippen molar-refractivity contribution in [3.63, 3.8) is 0 Å². The van der Waals surface area contributed by atoms with Gasteiger partial charge >= 0.3 is 17.4 Å². The minimum absolute atomic E-state index is 0.213. The van der Waals surface area contributed by atoms with Crippen LogP contribution in [0.1, 0.15) is 11.1 Å². The highest BCUT2D eigenvalue weighted by atomic mass is 79.9. The molecular weight excluding hydrogens is 551 g/mol. The number of rotatable bonds is 5. The molecular formula is C15H7Br2F7NO2S. The fourth-order valence-electron chi connectivity index (χ4n) is 2.11. The molecule has 0 atom stereocenters. The average Bonchev–Trinajstić information content (AvgIpc) is 2.56. The van der Waals surface area contributed by atoms with E-state index < -0.39 is 44.1 Å². The van der Waals surface area contributed by atoms with Crippen LogP contribution >= 0.6 is 31.9 Å². The summed E-state index contributed by atoms with van der Waals surface area (Å²) in [5, 5.41) is -6.46. The molecule has 0 aliphatic heterocycles. The third kappa shape index (κ3) is 3.92. The van der Waals surface area contributed by atoms with E-state index >= 15 is 0 Å². The van der Waals surface area contributed by atoms with Gasteiger partial charge < -0.3 is 0 Å². The summed E-state index contributed by atoms with van der Waals surface area (Å²) in [6.45, 7) is 0. The van der Waals surface area contributed by atoms with Crippen molar-refractivity contribution in [1.82, 2.24) is 4.98 Å². The highest BCUT2D eigenvalue weighted by molar-refractivity contribution is 9.11. The molecule has 0 saturated heterocycles. The van der Waals surface area contributed by atoms with Crippen molar-refractivity contribution in [2.45, 2.75) is 28.7 Å². The number of aromatic nitrogens is 1. The van der Waals surface area contributed by atoms with Crippen LogP contribution in [0.4, 0.5) is 30.7 Å². The topological polar surface area (TPSA) is 47.0 Å². The van der Waals surface area contributed by atoms with E-state index in [2.05, 4.69) is 42.9 Å². The van der Waals surface area contributed by atoms with Crippen LogP contribution in [0.3, 0.4) is 0 Å². The van der Waals surface area contributed by atoms with Crippen LogP contribution in [0, 0.1) is 6.07 Å². The first-order valence-corrected chi connectivity index (χ1v) is 10.1. The molecule has 0 aliphatic carbocycles. The van der Waals surface area contributed by atoms with Gasteiger partial charge in [-0.1, -0.05) is 22.0 Å². The highest BCUT2D eigenvalue weighted by Gasteiger charge is 2.78. The van der Waals surface area contributed by atoms with Crippen LogP contribution in [-0.2, 0) is 16.3 Å². The van der Waals surface area contributed by atoms with Crippen molar-refractivity contribution >= 4 is 41.7 Å². The van der Waals surface area contributed by atoms with E-state index in [1.54, 1.807) is 0 Å². The number of hydrogen-bond acceptors (Lipinski definition) is 3. The first-order valence-electron chi connectivity index (χ1n) is 6.99. The summed E-state index contributed by atoms with van der Waals surface area (Å²) in [6, 6.07) is 5.85. The van der Waals surface area contributed by atoms with Gasteiger partial charge in [0.2, 0.25) is 0 Å². The molecule has 1 heterocycles. The first kappa shape index (κ1) is 23.1. The Kier molecular flexibility index (Phi) is 6.23. The Morgan fingerprint density at radius 1 is 1.07 bits per heavy atom. The van der Waals surface area contributed by atoms with Crippen molar-refractivity contribution in [3.05, 3.63) is 56.7 Å². The number of nitrogens with zero attached hydrogens (tertiary/aromatic N) is 1. The van der Waals surface area contributed by atoms with E-state index in [1.807, 2.05) is 0 Å². The van der Waals surface area contributed by atoms with E-state index in [4.69, 9.17) is 0 Å². The second-order valence-corrected chi connectivity index (χ2v) is 9.01. The Balaban J connectivity index is 2.72. The summed E-state index contributed by atoms with van der Waals surface area (Å²) in [5.41, 5.74) is -0.185. The van der Waals surface area contributed by atoms with Crippen molar-refractivity contribution in [3.8, 4) is 0 Å². The molecule has 2 rings (SSSR count). The van der Waals surface area contributed by atoms with Crippen LogP contribution < -0.4 is 0 Å². The predicted molar refractivity (Wildman–Crippen MR) is 90.9 cm³/mol. The van der Waals surface area contributed by atoms with Gasteiger partial charge in [0.25, 0.3) is 9.84 Å². The van der Waals surface area contributed by atoms with Crippen molar-refractivity contribution in [2.75, 3.05) is 0 Å². The lowest BCUT2D eigenvalue weighted by Gasteiger charge is -2.28. The second-order valence-electron chi connectivity index (χ2n) is 5.40. The van der Waals surface area contributed by atoms with E-state index in [0.29, 0.717) is 11.6 Å². The Bertz CT molecular complexity index is 980. The zero-order valence-corrected chi connectivity index (χ0v) is 17.2. The summed E-state index contributed by atoms with van der Waals surface area (Å²) in [4.78, 5) is 2.34. The summed E-state index contributed by atoms with van der Waals surface area (Å²) in [7, 11) is -6.48. The maximum absolute atomic E-state index is 14.0. The Morgan fingerprint density at radius 3 is 2.18 bits per heavy atom. The van der Waals surface area contributed by atoms with Gasteiger partial charge in [-0.05, 0) is 39.2 Å². The standard InChI is InChI=1S/C15H7Br2F7NO2S/c16-9-5-11(17)10(4-8-2-1-3-25-7-8)12(6-9)28(26,27)15(23,24)13(18,19)14(20,21)22/h1-3,6-7H,4H2. The molecule has 1 aromatic carbocycles. The largest absolute Gasteiger partial charge is 0.461 e. The van der Waals surface area contributed by atoms with E-state index in [1.165, 1.54) is 24.5 Å². The van der Waals surface area contributed by atoms with Gasteiger partial charge in [-0.3, -0.25) is 4.98 Å². The zero-order valence-electron chi connectivity index (χ0n) is 13.2. The van der Waals surface area contributed by atoms with Gasteiger partial charge in [0, 0.05) is 33.8 Å². The molecule has 0 N–H and O–H groups in total. The lowest BCUT2D eigenvalue weighted by molar-refractivity contribution is -0.332. The lowest BCUT2D eigenvalue weighted by atomic mass is 10.1. The Labute approximate surface area is 171 Å². The third-order valence-electron chi connectivity index (χ3n) is 3.50. The second kappa shape index (κ2) is 7.56. The van der Waals surface area contributed by atoms with Crippen LogP contribution in [0.2, 0.25) is 0 Å². The lowest BCUT2D eigenvalue weighted by Crippen LogP contribution is -2.56. The minimum Gasteiger partial charge on any atom is -0.264 e. The van der Waals surface area contributed by atoms with Crippen LogP contribution in [0.25, 0.3) is 0 Å². The number of halogens is 9. The summed E-state index contributed by atoms with van der Waals surface area (Å²) >= 11 is 5.64. The van der Waals surface area contributed by atoms with Gasteiger partial charge in [0.15, 0.2) is 0 Å². The van der Waals surface area contributed by atoms with Gasteiger partial charge in [0.1, 0.15) is 0 Å². The summed E-state index contributed by atoms with van der Waals surface area (Å²) < 4.78 is 116. The quantitative estimate of drug-likeness (QED) is 0.452. The van der Waals surface area contributed by atoms with E-state index in [9.17, 15) is 39.2 Å². The number of benzene rings is 1. The molecule has 3 nitrogen and oxygen atoms in total. The highest BCUT2D eigenvalue weighted by Crippen LogP contribution is 2.51. The van der Waals surface area contributed by atoms with Crippen LogP contribution in [-0.4, -0.2) is 30.8 Å². The molecule has 1 radical (unpaired) electrons. The first-order chi connectivity index (χ1) is 12.6. The van der Waals surface area contributed by atoms with Crippen LogP contribution in [0.15, 0.2) is 44.4 Å². The monoisotopic (exact) mass is 556 g/mol. The number of sulfone groups is 1. The van der Waals surface area contributed by atoms with E-state index in [-0.39, 0.29) is 8.95 Å². The molecule has 0 saturated carbocycles. The van der Waals surface area contributed by atoms with Gasteiger partial charge in [0.05, 0.1) is 4.90 Å². The van der Waals surface area contributed by atoms with Gasteiger partial charge in [-0.25, -0.2) is 8.42 Å². The van der Waals surface area contributed by atoms with Crippen molar-refractivity contribution in [2.24, 2.45) is 0 Å². The summed E-state index contributed by atoms with van der Waals surface area (Å²) in [6.07, 6.45) is -4.59. The SMILES string of the molecule is O=S(=O)(c1cc(Br)[c]c(Br)c1Cc1cccnc1)C(F)(F)C(F)(F)C(F)(F)F. The molecule has 0 fully saturated rings. The Morgan fingerprint density at radius 2 is 1.68 bits per heavy atom. The fourth-order valence-corrected chi connectivity index (χ4v) is 5.15. The molecule has 13 heteroatoms. The molecule has 0 aliphatic rings. The number of pyridine rings is 1. The molecule has 153 valence electrons. The van der Waals surface area contributed by atoms with Gasteiger partial charge in [-0.15, -0.1) is 0 Å². The molecule has 1 aromatic heterocycles. The smallest absolute Gasteiger partial charge is 0.264 e. The minimum atomic E-state index is -6.82. The van der Waals surface area contributed by atoms with E-state index in [0.717, 1.165) is 0 Å². The molecule has 2 aromatic rings. The van der Waals surface area contributed by atoms with Gasteiger partial charge in [-0.2, -0.15) is 30.7 Å². The normalized spacial score (nSPS) is 13.6. The summed E-state index contributed by atoms with van der Waals surface area (Å²) in [5.74, 6) is -6.82. The average molecular weight is 558 g/mol. The number of hydrogen-bond donors (Lipinski definition) is 0. The molecule has 0 amide bonds. The van der Waals surface area contributed by atoms with Crippen molar-refractivity contribution in [1.29, 1.82) is 0 Å². The predicted octanol–water partition coefficient (Wildman–Crippen LogP) is 5.56. The fraction of sp³-hybridized carbons (Fsp3) is 0.267. The van der Waals surface area contributed by atoms with Crippen molar-refractivity contribution < 1.29 is 39.2 Å². The molecule has 0 unspecified atom stereocenters. The number of alkyl halides is 7. The molecule has 0 bridgehead atoms. The maximum Gasteiger partial charge on any atom is 0.461 e. The maximum atomic E-state index is 14.0.